The Balaban J connectivity index is 1.36. The van der Waals surface area contributed by atoms with Gasteiger partial charge >= 0.3 is 6.03 Å². The van der Waals surface area contributed by atoms with Crippen LogP contribution in [0.2, 0.25) is 20.1 Å². The van der Waals surface area contributed by atoms with E-state index >= 15 is 0 Å². The van der Waals surface area contributed by atoms with Crippen LogP contribution >= 0.6 is 46.4 Å². The molecule has 0 spiro atoms. The molecule has 12 heteroatoms. The van der Waals surface area contributed by atoms with E-state index in [1.807, 2.05) is 18.2 Å². The summed E-state index contributed by atoms with van der Waals surface area (Å²) in [4.78, 5) is 39.9. The minimum absolute atomic E-state index is 0.124. The number of nitrogens with zero attached hydrogens (tertiary/aromatic N) is 1. The first kappa shape index (κ1) is 32.2. The van der Waals surface area contributed by atoms with Gasteiger partial charge in [-0.15, -0.1) is 0 Å². The fourth-order valence-corrected chi connectivity index (χ4v) is 5.17. The smallest absolute Gasteiger partial charge is 0.335 e. The monoisotopic (exact) mass is 684 g/mol. The number of hydrogen-bond donors (Lipinski definition) is 1. The summed E-state index contributed by atoms with van der Waals surface area (Å²) in [6.07, 6.45) is 1.33. The second-order valence-corrected chi connectivity index (χ2v) is 11.3. The van der Waals surface area contributed by atoms with Crippen molar-refractivity contribution in [2.24, 2.45) is 0 Å². The van der Waals surface area contributed by atoms with Crippen LogP contribution in [0.15, 0.2) is 84.4 Å². The lowest BCUT2D eigenvalue weighted by atomic mass is 10.1. The van der Waals surface area contributed by atoms with Gasteiger partial charge in [0.15, 0.2) is 11.5 Å². The molecule has 1 aliphatic heterocycles. The van der Waals surface area contributed by atoms with Crippen LogP contribution in [0.5, 0.6) is 17.2 Å². The highest BCUT2D eigenvalue weighted by atomic mass is 35.5. The van der Waals surface area contributed by atoms with Crippen LogP contribution in [0, 0.1) is 0 Å². The zero-order valence-corrected chi connectivity index (χ0v) is 26.6. The number of imide groups is 2. The van der Waals surface area contributed by atoms with Crippen LogP contribution in [-0.2, 0) is 22.8 Å². The predicted molar refractivity (Wildman–Crippen MR) is 175 cm³/mol. The molecule has 8 nitrogen and oxygen atoms in total. The number of hydrogen-bond acceptors (Lipinski definition) is 6. The van der Waals surface area contributed by atoms with E-state index in [1.54, 1.807) is 49.4 Å². The molecule has 0 saturated carbocycles. The molecule has 0 atom stereocenters. The Labute approximate surface area is 279 Å². The first-order valence-electron chi connectivity index (χ1n) is 13.6. The molecule has 45 heavy (non-hydrogen) atoms. The van der Waals surface area contributed by atoms with E-state index in [9.17, 15) is 14.4 Å². The molecule has 1 heterocycles. The summed E-state index contributed by atoms with van der Waals surface area (Å²) in [6.45, 7) is 2.43. The Morgan fingerprint density at radius 1 is 0.756 bits per heavy atom. The lowest BCUT2D eigenvalue weighted by molar-refractivity contribution is -0.122. The van der Waals surface area contributed by atoms with Gasteiger partial charge in [0.05, 0.1) is 27.4 Å². The van der Waals surface area contributed by atoms with Gasteiger partial charge in [-0.1, -0.05) is 70.7 Å². The molecule has 4 amide bonds. The average Bonchev–Trinajstić information content (AvgIpc) is 3.01. The number of amides is 4. The Kier molecular flexibility index (Phi) is 10.2. The van der Waals surface area contributed by atoms with E-state index in [0.717, 1.165) is 16.0 Å². The van der Waals surface area contributed by atoms with E-state index in [1.165, 1.54) is 24.3 Å². The van der Waals surface area contributed by atoms with Crippen LogP contribution in [0.1, 0.15) is 23.6 Å². The number of benzene rings is 4. The second-order valence-electron chi connectivity index (χ2n) is 9.63. The molecule has 0 aliphatic carbocycles. The second kappa shape index (κ2) is 14.3. The van der Waals surface area contributed by atoms with Gasteiger partial charge in [0, 0.05) is 10.6 Å². The number of carbonyl (C=O) groups excluding carboxylic acids is 3. The molecule has 1 fully saturated rings. The van der Waals surface area contributed by atoms with Gasteiger partial charge in [0.25, 0.3) is 11.8 Å². The van der Waals surface area contributed by atoms with Crippen LogP contribution < -0.4 is 24.4 Å². The van der Waals surface area contributed by atoms with E-state index in [0.29, 0.717) is 38.7 Å². The standard InChI is InChI=1S/C33H24Cl4N2O6/c1-2-43-29-16-20(15-28(37)30(29)45-17-19-7-12-26(35)27(36)14-19)13-24-31(40)38-33(42)39(32(24)41)22-8-10-23(11-9-22)44-18-21-5-3-4-6-25(21)34/h3-16H,2,17-18H2,1H3,(H,38,40,42)/b24-13+. The third-order valence-corrected chi connectivity index (χ3v) is 7.95. The van der Waals surface area contributed by atoms with Crippen molar-refractivity contribution < 1.29 is 28.6 Å². The van der Waals surface area contributed by atoms with Crippen molar-refractivity contribution in [3.8, 4) is 17.2 Å². The van der Waals surface area contributed by atoms with Crippen molar-refractivity contribution in [3.05, 3.63) is 121 Å². The molecule has 0 radical (unpaired) electrons. The van der Waals surface area contributed by atoms with Gasteiger partial charge in [-0.05, 0) is 78.7 Å². The molecule has 1 saturated heterocycles. The molecular formula is C33H24Cl4N2O6. The molecule has 4 aromatic rings. The predicted octanol–water partition coefficient (Wildman–Crippen LogP) is 8.52. The maximum atomic E-state index is 13.5. The molecule has 1 N–H and O–H groups in total. The van der Waals surface area contributed by atoms with Crippen molar-refractivity contribution in [2.75, 3.05) is 11.5 Å². The summed E-state index contributed by atoms with van der Waals surface area (Å²) in [6, 6.07) is 20.9. The molecule has 0 aromatic heterocycles. The number of halogens is 4. The lowest BCUT2D eigenvalue weighted by Crippen LogP contribution is -2.54. The van der Waals surface area contributed by atoms with Crippen molar-refractivity contribution in [1.29, 1.82) is 0 Å². The first-order chi connectivity index (χ1) is 21.6. The van der Waals surface area contributed by atoms with E-state index in [2.05, 4.69) is 5.32 Å². The van der Waals surface area contributed by atoms with Gasteiger partial charge in [-0.2, -0.15) is 0 Å². The van der Waals surface area contributed by atoms with Crippen LogP contribution in [-0.4, -0.2) is 24.5 Å². The maximum absolute atomic E-state index is 13.5. The SMILES string of the molecule is CCOc1cc(/C=C2\C(=O)NC(=O)N(c3ccc(OCc4ccccc4Cl)cc3)C2=O)cc(Cl)c1OCc1ccc(Cl)c(Cl)c1. The minimum Gasteiger partial charge on any atom is -0.490 e. The first-order valence-corrected chi connectivity index (χ1v) is 15.1. The van der Waals surface area contributed by atoms with Crippen LogP contribution in [0.4, 0.5) is 10.5 Å². The van der Waals surface area contributed by atoms with Gasteiger partial charge in [0.1, 0.15) is 24.5 Å². The summed E-state index contributed by atoms with van der Waals surface area (Å²) in [5.41, 5.74) is 1.89. The Hall–Kier alpha value is -4.21. The summed E-state index contributed by atoms with van der Waals surface area (Å²) in [5.74, 6) is -0.617. The Morgan fingerprint density at radius 3 is 2.22 bits per heavy atom. The van der Waals surface area contributed by atoms with E-state index in [-0.39, 0.29) is 35.2 Å². The highest BCUT2D eigenvalue weighted by Crippen LogP contribution is 2.38. The molecule has 230 valence electrons. The molecular weight excluding hydrogens is 662 g/mol. The number of anilines is 1. The normalized spacial score (nSPS) is 14.0. The molecule has 0 unspecified atom stereocenters. The maximum Gasteiger partial charge on any atom is 0.335 e. The topological polar surface area (TPSA) is 94.2 Å². The number of urea groups is 1. The third kappa shape index (κ3) is 7.54. The third-order valence-electron chi connectivity index (χ3n) is 6.56. The fourth-order valence-electron chi connectivity index (χ4n) is 4.39. The average molecular weight is 686 g/mol. The molecule has 0 bridgehead atoms. The molecule has 5 rings (SSSR count). The number of nitrogens with one attached hydrogen (secondary N) is 1. The Bertz CT molecular complexity index is 1810. The summed E-state index contributed by atoms with van der Waals surface area (Å²) < 4.78 is 17.5. The van der Waals surface area contributed by atoms with Gasteiger partial charge in [0.2, 0.25) is 0 Å². The molecule has 1 aliphatic rings. The summed E-state index contributed by atoms with van der Waals surface area (Å²) in [5, 5.41) is 3.77. The zero-order chi connectivity index (χ0) is 32.1. The molecule has 4 aromatic carbocycles. The minimum atomic E-state index is -0.883. The van der Waals surface area contributed by atoms with Crippen molar-refractivity contribution >= 4 is 76.0 Å². The summed E-state index contributed by atoms with van der Waals surface area (Å²) >= 11 is 24.9. The Morgan fingerprint density at radius 2 is 1.51 bits per heavy atom. The fraction of sp³-hybridized carbons (Fsp3) is 0.121. The van der Waals surface area contributed by atoms with Crippen molar-refractivity contribution in [2.45, 2.75) is 20.1 Å². The van der Waals surface area contributed by atoms with Crippen LogP contribution in [0.3, 0.4) is 0 Å². The van der Waals surface area contributed by atoms with E-state index in [4.69, 9.17) is 60.6 Å². The van der Waals surface area contributed by atoms with Crippen molar-refractivity contribution in [3.63, 3.8) is 0 Å². The number of carbonyl (C=O) groups is 3. The number of rotatable bonds is 10. The summed E-state index contributed by atoms with van der Waals surface area (Å²) in [7, 11) is 0. The van der Waals surface area contributed by atoms with Gasteiger partial charge < -0.3 is 14.2 Å². The highest BCUT2D eigenvalue weighted by Gasteiger charge is 2.37. The number of barbiturate groups is 1. The zero-order valence-electron chi connectivity index (χ0n) is 23.6. The lowest BCUT2D eigenvalue weighted by Gasteiger charge is -2.26. The van der Waals surface area contributed by atoms with E-state index < -0.39 is 17.8 Å². The van der Waals surface area contributed by atoms with Crippen LogP contribution in [0.25, 0.3) is 6.08 Å². The highest BCUT2D eigenvalue weighted by molar-refractivity contribution is 6.42. The number of ether oxygens (including phenoxy) is 3. The quantitative estimate of drug-likeness (QED) is 0.133. The van der Waals surface area contributed by atoms with Gasteiger partial charge in [-0.25, -0.2) is 9.69 Å². The van der Waals surface area contributed by atoms with Crippen molar-refractivity contribution in [1.82, 2.24) is 5.32 Å². The largest absolute Gasteiger partial charge is 0.490 e. The van der Waals surface area contributed by atoms with Gasteiger partial charge in [-0.3, -0.25) is 14.9 Å².